The molecule has 1 N–H and O–H groups in total. The highest BCUT2D eigenvalue weighted by Crippen LogP contribution is 2.17. The van der Waals surface area contributed by atoms with Crippen LogP contribution in [-0.2, 0) is 11.2 Å². The van der Waals surface area contributed by atoms with Gasteiger partial charge < -0.3 is 10.0 Å². The maximum absolute atomic E-state index is 10.8. The molecule has 0 bridgehead atoms. The lowest BCUT2D eigenvalue weighted by atomic mass is 9.97. The maximum atomic E-state index is 10.8. The molecule has 0 aliphatic rings. The monoisotopic (exact) mass is 263 g/mol. The van der Waals surface area contributed by atoms with Crippen molar-refractivity contribution in [3.8, 4) is 0 Å². The molecular formula is C16H25NO2. The van der Waals surface area contributed by atoms with Crippen LogP contribution in [0.2, 0.25) is 0 Å². The van der Waals surface area contributed by atoms with Crippen LogP contribution in [0.3, 0.4) is 0 Å². The van der Waals surface area contributed by atoms with E-state index in [1.54, 1.807) is 6.92 Å². The number of aryl methyl sites for hydroxylation is 1. The maximum Gasteiger partial charge on any atom is 0.307 e. The SMILES string of the molecule is Cc1ccc(CCN(C)CC(C)C(=O)O)c(C)c1C. The number of benzene rings is 1. The molecule has 1 unspecified atom stereocenters. The Balaban J connectivity index is 2.58. The highest BCUT2D eigenvalue weighted by Gasteiger charge is 2.13. The number of nitrogens with zero attached hydrogens (tertiary/aromatic N) is 1. The summed E-state index contributed by atoms with van der Waals surface area (Å²) < 4.78 is 0. The van der Waals surface area contributed by atoms with Crippen molar-refractivity contribution in [1.29, 1.82) is 0 Å². The molecule has 0 saturated heterocycles. The van der Waals surface area contributed by atoms with Crippen LogP contribution in [0.5, 0.6) is 0 Å². The summed E-state index contributed by atoms with van der Waals surface area (Å²) in [6, 6.07) is 4.35. The Kier molecular flexibility index (Phi) is 5.55. The molecule has 0 aliphatic carbocycles. The quantitative estimate of drug-likeness (QED) is 0.858. The number of aliphatic carboxylic acids is 1. The predicted octanol–water partition coefficient (Wildman–Crippen LogP) is 2.81. The molecule has 0 radical (unpaired) electrons. The van der Waals surface area contributed by atoms with Gasteiger partial charge in [-0.2, -0.15) is 0 Å². The van der Waals surface area contributed by atoms with Gasteiger partial charge in [-0.25, -0.2) is 0 Å². The summed E-state index contributed by atoms with van der Waals surface area (Å²) in [5.74, 6) is -1.04. The second-order valence-electron chi connectivity index (χ2n) is 5.54. The van der Waals surface area contributed by atoms with Gasteiger partial charge in [0.05, 0.1) is 5.92 Å². The van der Waals surface area contributed by atoms with Gasteiger partial charge >= 0.3 is 5.97 Å². The Hall–Kier alpha value is -1.35. The standard InChI is InChI=1S/C16H25NO2/c1-11-6-7-15(14(4)13(11)3)8-9-17(5)10-12(2)16(18)19/h6-7,12H,8-10H2,1-5H3,(H,18,19). The van der Waals surface area contributed by atoms with Crippen molar-refractivity contribution >= 4 is 5.97 Å². The number of likely N-dealkylation sites (N-methyl/N-ethyl adjacent to an activating group) is 1. The van der Waals surface area contributed by atoms with Crippen LogP contribution in [0.1, 0.15) is 29.2 Å². The van der Waals surface area contributed by atoms with Crippen LogP contribution < -0.4 is 0 Å². The summed E-state index contributed by atoms with van der Waals surface area (Å²) in [6.07, 6.45) is 0.968. The summed E-state index contributed by atoms with van der Waals surface area (Å²) in [5, 5.41) is 8.90. The fraction of sp³-hybridized carbons (Fsp3) is 0.562. The Morgan fingerprint density at radius 3 is 2.47 bits per heavy atom. The van der Waals surface area contributed by atoms with Crippen molar-refractivity contribution in [2.45, 2.75) is 34.1 Å². The zero-order chi connectivity index (χ0) is 14.6. The van der Waals surface area contributed by atoms with Gasteiger partial charge in [0.25, 0.3) is 0 Å². The third kappa shape index (κ3) is 4.35. The predicted molar refractivity (Wildman–Crippen MR) is 78.7 cm³/mol. The highest BCUT2D eigenvalue weighted by molar-refractivity contribution is 5.69. The lowest BCUT2D eigenvalue weighted by Crippen LogP contribution is -2.30. The Bertz CT molecular complexity index is 454. The van der Waals surface area contributed by atoms with Crippen LogP contribution in [0.15, 0.2) is 12.1 Å². The molecule has 3 nitrogen and oxygen atoms in total. The number of carboxylic acids is 1. The Morgan fingerprint density at radius 1 is 1.26 bits per heavy atom. The van der Waals surface area contributed by atoms with E-state index in [0.717, 1.165) is 13.0 Å². The second kappa shape index (κ2) is 6.71. The molecule has 0 spiro atoms. The van der Waals surface area contributed by atoms with Gasteiger partial charge in [0.1, 0.15) is 0 Å². The van der Waals surface area contributed by atoms with E-state index in [9.17, 15) is 4.79 Å². The van der Waals surface area contributed by atoms with E-state index in [2.05, 4.69) is 37.8 Å². The minimum absolute atomic E-state index is 0.314. The molecule has 1 aromatic carbocycles. The van der Waals surface area contributed by atoms with Crippen LogP contribution in [0.4, 0.5) is 0 Å². The molecular weight excluding hydrogens is 238 g/mol. The molecule has 0 amide bonds. The first-order chi connectivity index (χ1) is 8.82. The molecule has 1 rings (SSSR count). The van der Waals surface area contributed by atoms with Gasteiger partial charge in [-0.05, 0) is 56.5 Å². The lowest BCUT2D eigenvalue weighted by molar-refractivity contribution is -0.141. The minimum Gasteiger partial charge on any atom is -0.481 e. The zero-order valence-corrected chi connectivity index (χ0v) is 12.7. The number of carbonyl (C=O) groups is 1. The third-order valence-corrected chi connectivity index (χ3v) is 3.94. The van der Waals surface area contributed by atoms with E-state index < -0.39 is 5.97 Å². The van der Waals surface area contributed by atoms with Crippen molar-refractivity contribution in [3.05, 3.63) is 34.4 Å². The molecule has 0 saturated carbocycles. The van der Waals surface area contributed by atoms with E-state index in [1.165, 1.54) is 22.3 Å². The van der Waals surface area contributed by atoms with E-state index in [-0.39, 0.29) is 5.92 Å². The first-order valence-electron chi connectivity index (χ1n) is 6.80. The van der Waals surface area contributed by atoms with Crippen LogP contribution >= 0.6 is 0 Å². The molecule has 1 atom stereocenters. The topological polar surface area (TPSA) is 40.5 Å². The molecule has 0 aliphatic heterocycles. The van der Waals surface area contributed by atoms with Gasteiger partial charge in [-0.15, -0.1) is 0 Å². The summed E-state index contributed by atoms with van der Waals surface area (Å²) in [4.78, 5) is 12.9. The summed E-state index contributed by atoms with van der Waals surface area (Å²) in [6.45, 7) is 9.69. The van der Waals surface area contributed by atoms with Crippen molar-refractivity contribution in [2.24, 2.45) is 5.92 Å². The van der Waals surface area contributed by atoms with Crippen molar-refractivity contribution in [1.82, 2.24) is 4.90 Å². The fourth-order valence-electron chi connectivity index (χ4n) is 2.23. The average Bonchev–Trinajstić information content (AvgIpc) is 2.35. The molecule has 106 valence electrons. The van der Waals surface area contributed by atoms with Gasteiger partial charge in [-0.1, -0.05) is 19.1 Å². The van der Waals surface area contributed by atoms with Gasteiger partial charge in [0.2, 0.25) is 0 Å². The summed E-state index contributed by atoms with van der Waals surface area (Å²) in [7, 11) is 1.98. The molecule has 0 fully saturated rings. The van der Waals surface area contributed by atoms with Crippen molar-refractivity contribution < 1.29 is 9.90 Å². The molecule has 0 aromatic heterocycles. The first kappa shape index (κ1) is 15.7. The smallest absolute Gasteiger partial charge is 0.307 e. The van der Waals surface area contributed by atoms with E-state index >= 15 is 0 Å². The number of carboxylic acid groups (broad SMARTS) is 1. The van der Waals surface area contributed by atoms with Gasteiger partial charge in [0, 0.05) is 13.1 Å². The molecule has 3 heteroatoms. The summed E-state index contributed by atoms with van der Waals surface area (Å²) >= 11 is 0. The van der Waals surface area contributed by atoms with E-state index in [0.29, 0.717) is 6.54 Å². The number of hydrogen-bond acceptors (Lipinski definition) is 2. The van der Waals surface area contributed by atoms with E-state index in [4.69, 9.17) is 5.11 Å². The van der Waals surface area contributed by atoms with Crippen molar-refractivity contribution in [2.75, 3.05) is 20.1 Å². The van der Waals surface area contributed by atoms with Crippen LogP contribution in [0, 0.1) is 26.7 Å². The minimum atomic E-state index is -0.728. The zero-order valence-electron chi connectivity index (χ0n) is 12.7. The first-order valence-corrected chi connectivity index (χ1v) is 6.80. The third-order valence-electron chi connectivity index (χ3n) is 3.94. The average molecular weight is 263 g/mol. The van der Waals surface area contributed by atoms with Crippen LogP contribution in [0.25, 0.3) is 0 Å². The normalized spacial score (nSPS) is 12.7. The Labute approximate surface area is 116 Å². The Morgan fingerprint density at radius 2 is 1.89 bits per heavy atom. The molecule has 0 heterocycles. The molecule has 19 heavy (non-hydrogen) atoms. The van der Waals surface area contributed by atoms with E-state index in [1.807, 2.05) is 7.05 Å². The number of rotatable bonds is 6. The van der Waals surface area contributed by atoms with Gasteiger partial charge in [0.15, 0.2) is 0 Å². The van der Waals surface area contributed by atoms with Gasteiger partial charge in [-0.3, -0.25) is 4.79 Å². The number of hydrogen-bond donors (Lipinski definition) is 1. The lowest BCUT2D eigenvalue weighted by Gasteiger charge is -2.20. The van der Waals surface area contributed by atoms with Crippen LogP contribution in [-0.4, -0.2) is 36.1 Å². The summed E-state index contributed by atoms with van der Waals surface area (Å²) in [5.41, 5.74) is 5.41. The fourth-order valence-corrected chi connectivity index (χ4v) is 2.23. The van der Waals surface area contributed by atoms with Crippen molar-refractivity contribution in [3.63, 3.8) is 0 Å². The largest absolute Gasteiger partial charge is 0.481 e. The highest BCUT2D eigenvalue weighted by atomic mass is 16.4. The molecule has 1 aromatic rings. The second-order valence-corrected chi connectivity index (χ2v) is 5.54.